The number of aryl methyl sites for hydroxylation is 1. The number of rotatable bonds is 11. The van der Waals surface area contributed by atoms with Crippen LogP contribution in [0, 0.1) is 35.0 Å². The number of carbonyl (C=O) groups is 4. The predicted molar refractivity (Wildman–Crippen MR) is 130 cm³/mol. The summed E-state index contributed by atoms with van der Waals surface area (Å²) in [5.41, 5.74) is 0.618. The Morgan fingerprint density at radius 3 is 2.15 bits per heavy atom. The molecule has 0 aliphatic heterocycles. The normalized spacial score (nSPS) is 12.7. The van der Waals surface area contributed by atoms with E-state index in [-0.39, 0.29) is 11.8 Å². The van der Waals surface area contributed by atoms with Gasteiger partial charge in [-0.1, -0.05) is 13.8 Å². The number of hydrogen-bond acceptors (Lipinski definition) is 5. The van der Waals surface area contributed by atoms with Crippen LogP contribution in [0.4, 0.5) is 22.0 Å². The zero-order chi connectivity index (χ0) is 29.9. The molecule has 0 spiro atoms. The number of ether oxygens (including phenoxy) is 1. The quantitative estimate of drug-likeness (QED) is 0.241. The van der Waals surface area contributed by atoms with Gasteiger partial charge in [-0.25, -0.2) is 13.2 Å². The maximum atomic E-state index is 13.8. The number of benzene rings is 2. The van der Waals surface area contributed by atoms with Gasteiger partial charge in [-0.15, -0.1) is 0 Å². The molecular formula is C26H24F5N3O6. The fraction of sp³-hybridized carbons (Fsp3) is 0.308. The number of nitrogens with zero attached hydrogens (tertiary/aromatic N) is 1. The van der Waals surface area contributed by atoms with Crippen molar-refractivity contribution in [1.82, 2.24) is 15.2 Å². The van der Waals surface area contributed by atoms with Crippen LogP contribution in [0.3, 0.4) is 0 Å². The van der Waals surface area contributed by atoms with E-state index in [1.807, 2.05) is 0 Å². The van der Waals surface area contributed by atoms with E-state index >= 15 is 0 Å². The summed E-state index contributed by atoms with van der Waals surface area (Å²) in [7, 11) is 1.55. The van der Waals surface area contributed by atoms with E-state index in [9.17, 15) is 46.2 Å². The molecule has 0 bridgehead atoms. The molecule has 2 amide bonds. The van der Waals surface area contributed by atoms with Crippen LogP contribution in [0.25, 0.3) is 10.9 Å². The smallest absolute Gasteiger partial charge is 0.305 e. The molecule has 2 atom stereocenters. The van der Waals surface area contributed by atoms with Crippen LogP contribution in [0.2, 0.25) is 0 Å². The zero-order valence-electron chi connectivity index (χ0n) is 21.4. The van der Waals surface area contributed by atoms with Gasteiger partial charge >= 0.3 is 5.97 Å². The van der Waals surface area contributed by atoms with Crippen molar-refractivity contribution in [2.24, 2.45) is 13.0 Å². The average molecular weight is 569 g/mol. The summed E-state index contributed by atoms with van der Waals surface area (Å²) in [6.45, 7) is 1.87. The largest absolute Gasteiger partial charge is 0.481 e. The number of fused-ring (bicyclic) bond motifs is 1. The molecule has 14 heteroatoms. The minimum absolute atomic E-state index is 0.0660. The van der Waals surface area contributed by atoms with Crippen LogP contribution in [-0.2, 0) is 21.4 Å². The Hall–Kier alpha value is -4.49. The average Bonchev–Trinajstić information content (AvgIpc) is 3.20. The van der Waals surface area contributed by atoms with E-state index in [2.05, 4.69) is 15.4 Å². The first kappa shape index (κ1) is 30.1. The summed E-state index contributed by atoms with van der Waals surface area (Å²) >= 11 is 0. The summed E-state index contributed by atoms with van der Waals surface area (Å²) in [5, 5.41) is 14.3. The number of hydrogen-bond donors (Lipinski definition) is 3. The molecule has 3 N–H and O–H groups in total. The van der Waals surface area contributed by atoms with Gasteiger partial charge in [0.15, 0.2) is 23.2 Å². The number of aliphatic carboxylic acids is 1. The van der Waals surface area contributed by atoms with E-state index in [4.69, 9.17) is 0 Å². The Balaban J connectivity index is 1.77. The van der Waals surface area contributed by atoms with Crippen LogP contribution < -0.4 is 15.4 Å². The van der Waals surface area contributed by atoms with E-state index in [1.54, 1.807) is 20.9 Å². The van der Waals surface area contributed by atoms with Gasteiger partial charge in [0.05, 0.1) is 6.42 Å². The molecule has 1 heterocycles. The minimum Gasteiger partial charge on any atom is -0.481 e. The summed E-state index contributed by atoms with van der Waals surface area (Å²) in [6.07, 6.45) is -0.982. The summed E-state index contributed by atoms with van der Waals surface area (Å²) in [6, 6.07) is 2.15. The molecule has 0 saturated heterocycles. The fourth-order valence-corrected chi connectivity index (χ4v) is 3.89. The van der Waals surface area contributed by atoms with Crippen molar-refractivity contribution in [2.75, 3.05) is 6.61 Å². The standard InChI is InChI=1S/C26H24F5N3O6/c1-11(2)23(33-25(38)18-7-12-6-13(27)4-5-17(12)34(18)3)26(39)32-16(9-20(36)37)19(35)10-40-24-21(30)14(28)8-15(29)22(24)31/h4-8,11,16,23H,9-10H2,1-3H3,(H,32,39)(H,33,38)(H,36,37)/t16?,23-/m0/s1. The van der Waals surface area contributed by atoms with Crippen molar-refractivity contribution in [3.63, 3.8) is 0 Å². The molecule has 214 valence electrons. The van der Waals surface area contributed by atoms with Crippen LogP contribution in [0.5, 0.6) is 5.75 Å². The molecule has 1 unspecified atom stereocenters. The second-order valence-electron chi connectivity index (χ2n) is 9.20. The Kier molecular flexibility index (Phi) is 9.12. The Morgan fingerprint density at radius 1 is 0.950 bits per heavy atom. The van der Waals surface area contributed by atoms with Gasteiger partial charge in [0.25, 0.3) is 5.91 Å². The topological polar surface area (TPSA) is 127 Å². The molecule has 9 nitrogen and oxygen atoms in total. The molecule has 0 aliphatic rings. The summed E-state index contributed by atoms with van der Waals surface area (Å²) in [5.74, 6) is -14.5. The van der Waals surface area contributed by atoms with E-state index in [0.29, 0.717) is 10.9 Å². The van der Waals surface area contributed by atoms with Gasteiger partial charge in [0, 0.05) is 24.0 Å². The number of carboxylic acid groups (broad SMARTS) is 1. The van der Waals surface area contributed by atoms with Gasteiger partial charge in [-0.2, -0.15) is 8.78 Å². The van der Waals surface area contributed by atoms with Gasteiger partial charge < -0.3 is 25.0 Å². The van der Waals surface area contributed by atoms with Crippen molar-refractivity contribution < 1.29 is 51.0 Å². The zero-order valence-corrected chi connectivity index (χ0v) is 21.4. The van der Waals surface area contributed by atoms with Crippen LogP contribution in [0.1, 0.15) is 30.8 Å². The van der Waals surface area contributed by atoms with Gasteiger partial charge in [0.2, 0.25) is 17.5 Å². The number of aromatic nitrogens is 1. The van der Waals surface area contributed by atoms with Crippen LogP contribution in [0.15, 0.2) is 30.3 Å². The van der Waals surface area contributed by atoms with Crippen molar-refractivity contribution in [3.05, 3.63) is 65.1 Å². The number of amides is 2. The maximum Gasteiger partial charge on any atom is 0.305 e. The third-order valence-corrected chi connectivity index (χ3v) is 5.99. The lowest BCUT2D eigenvalue weighted by Gasteiger charge is -2.24. The first-order valence-electron chi connectivity index (χ1n) is 11.8. The van der Waals surface area contributed by atoms with Crippen LogP contribution in [-0.4, -0.2) is 51.9 Å². The molecule has 40 heavy (non-hydrogen) atoms. The van der Waals surface area contributed by atoms with Crippen molar-refractivity contribution in [2.45, 2.75) is 32.4 Å². The van der Waals surface area contributed by atoms with Crippen molar-refractivity contribution >= 4 is 34.5 Å². The molecule has 1 aromatic heterocycles. The van der Waals surface area contributed by atoms with Crippen LogP contribution >= 0.6 is 0 Å². The monoisotopic (exact) mass is 569 g/mol. The molecule has 0 saturated carbocycles. The fourth-order valence-electron chi connectivity index (χ4n) is 3.89. The Labute approximate surface area is 223 Å². The highest BCUT2D eigenvalue weighted by Gasteiger charge is 2.32. The second-order valence-corrected chi connectivity index (χ2v) is 9.20. The van der Waals surface area contributed by atoms with Gasteiger partial charge in [0.1, 0.15) is 30.2 Å². The Morgan fingerprint density at radius 2 is 1.57 bits per heavy atom. The molecule has 3 rings (SSSR count). The first-order valence-corrected chi connectivity index (χ1v) is 11.8. The number of nitrogens with one attached hydrogen (secondary N) is 2. The molecule has 2 aromatic carbocycles. The maximum absolute atomic E-state index is 13.8. The first-order chi connectivity index (χ1) is 18.7. The molecule has 0 aliphatic carbocycles. The summed E-state index contributed by atoms with van der Waals surface area (Å²) in [4.78, 5) is 50.0. The highest BCUT2D eigenvalue weighted by Crippen LogP contribution is 2.26. The molecule has 0 radical (unpaired) electrons. The minimum atomic E-state index is -1.91. The lowest BCUT2D eigenvalue weighted by atomic mass is 10.0. The van der Waals surface area contributed by atoms with Gasteiger partial charge in [-0.3, -0.25) is 19.2 Å². The number of halogens is 5. The van der Waals surface area contributed by atoms with E-state index in [1.165, 1.54) is 28.8 Å². The molecular weight excluding hydrogens is 545 g/mol. The molecule has 3 aromatic rings. The SMILES string of the molecule is CC(C)[C@H](NC(=O)c1cc2cc(F)ccc2n1C)C(=O)NC(CC(=O)O)C(=O)COc1c(F)c(F)cc(F)c1F. The van der Waals surface area contributed by atoms with E-state index < -0.39 is 89.4 Å². The molecule has 0 fully saturated rings. The van der Waals surface area contributed by atoms with Crippen molar-refractivity contribution in [1.29, 1.82) is 0 Å². The second kappa shape index (κ2) is 12.1. The highest BCUT2D eigenvalue weighted by molar-refractivity contribution is 6.01. The number of Topliss-reactive ketones (excluding diaryl/α,β-unsaturated/α-hetero) is 1. The lowest BCUT2D eigenvalue weighted by molar-refractivity contribution is -0.140. The third kappa shape index (κ3) is 6.55. The number of carboxylic acids is 1. The van der Waals surface area contributed by atoms with Gasteiger partial charge in [-0.05, 0) is 30.2 Å². The predicted octanol–water partition coefficient (Wildman–Crippen LogP) is 3.24. The Bertz CT molecular complexity index is 1460. The summed E-state index contributed by atoms with van der Waals surface area (Å²) < 4.78 is 74.2. The lowest BCUT2D eigenvalue weighted by Crippen LogP contribution is -2.54. The highest BCUT2D eigenvalue weighted by atomic mass is 19.2. The van der Waals surface area contributed by atoms with Crippen molar-refractivity contribution in [3.8, 4) is 5.75 Å². The number of ketones is 1. The number of carbonyl (C=O) groups excluding carboxylic acids is 3. The van der Waals surface area contributed by atoms with E-state index in [0.717, 1.165) is 0 Å². The third-order valence-electron chi connectivity index (χ3n) is 5.99.